The molecule has 0 N–H and O–H groups in total. The van der Waals surface area contributed by atoms with E-state index in [2.05, 4.69) is 0 Å². The second-order valence-corrected chi connectivity index (χ2v) is 4.89. The summed E-state index contributed by atoms with van der Waals surface area (Å²) in [6.45, 7) is 0. The average Bonchev–Trinajstić information content (AvgIpc) is 2.51. The number of benzene rings is 2. The summed E-state index contributed by atoms with van der Waals surface area (Å²) in [5.41, 5.74) is 1.80. The van der Waals surface area contributed by atoms with E-state index in [1.807, 2.05) is 0 Å². The van der Waals surface area contributed by atoms with Gasteiger partial charge in [-0.3, -0.25) is 0 Å². The summed E-state index contributed by atoms with van der Waals surface area (Å²) in [5.74, 6) is -0.221. The highest BCUT2D eigenvalue weighted by atomic mass is 35.5. The summed E-state index contributed by atoms with van der Waals surface area (Å²) in [6, 6.07) is 12.1. The van der Waals surface area contributed by atoms with E-state index < -0.39 is 5.97 Å². The van der Waals surface area contributed by atoms with Crippen molar-refractivity contribution in [1.82, 2.24) is 0 Å². The lowest BCUT2D eigenvalue weighted by Gasteiger charge is -2.13. The summed E-state index contributed by atoms with van der Waals surface area (Å²) < 4.78 is 10.4. The number of halogens is 1. The van der Waals surface area contributed by atoms with E-state index in [1.165, 1.54) is 14.2 Å². The Labute approximate surface area is 133 Å². The number of carbonyl (C=O) groups is 1. The first-order valence-corrected chi connectivity index (χ1v) is 6.84. The lowest BCUT2D eigenvalue weighted by atomic mass is 9.97. The van der Waals surface area contributed by atoms with E-state index in [4.69, 9.17) is 21.1 Å². The first-order valence-electron chi connectivity index (χ1n) is 6.46. The zero-order valence-electron chi connectivity index (χ0n) is 12.1. The highest BCUT2D eigenvalue weighted by molar-refractivity contribution is 6.30. The predicted octanol–water partition coefficient (Wildman–Crippen LogP) is 2.54. The summed E-state index contributed by atoms with van der Waals surface area (Å²) in [7, 11) is 3.05. The summed E-state index contributed by atoms with van der Waals surface area (Å²) >= 11 is 5.98. The normalized spacial score (nSPS) is 11.1. The Morgan fingerprint density at radius 3 is 2.32 bits per heavy atom. The largest absolute Gasteiger partial charge is 0.545 e. The molecule has 0 bridgehead atoms. The molecule has 0 heterocycles. The van der Waals surface area contributed by atoms with Crippen LogP contribution in [0.4, 0.5) is 0 Å². The molecule has 2 aromatic rings. The second kappa shape index (κ2) is 7.00. The Morgan fingerprint density at radius 1 is 1.05 bits per heavy atom. The third-order valence-corrected chi connectivity index (χ3v) is 3.33. The van der Waals surface area contributed by atoms with Crippen LogP contribution in [-0.4, -0.2) is 20.2 Å². The molecular formula is C17H14ClO4-. The lowest BCUT2D eigenvalue weighted by molar-refractivity contribution is -0.297. The molecule has 0 aliphatic carbocycles. The first kappa shape index (κ1) is 15.9. The Bertz CT molecular complexity index is 722. The van der Waals surface area contributed by atoms with Crippen LogP contribution in [0.25, 0.3) is 5.57 Å². The minimum atomic E-state index is -1.29. The van der Waals surface area contributed by atoms with Crippen molar-refractivity contribution in [3.05, 3.63) is 64.7 Å². The minimum absolute atomic E-state index is 0.475. The van der Waals surface area contributed by atoms with Crippen LogP contribution in [0, 0.1) is 0 Å². The molecule has 0 spiro atoms. The van der Waals surface area contributed by atoms with Crippen molar-refractivity contribution in [3.8, 4) is 11.5 Å². The van der Waals surface area contributed by atoms with Crippen molar-refractivity contribution in [1.29, 1.82) is 0 Å². The molecule has 0 amide bonds. The van der Waals surface area contributed by atoms with Gasteiger partial charge in [-0.15, -0.1) is 0 Å². The van der Waals surface area contributed by atoms with Crippen LogP contribution < -0.4 is 14.6 Å². The lowest BCUT2D eigenvalue weighted by Crippen LogP contribution is -2.19. The Hall–Kier alpha value is -2.46. The van der Waals surface area contributed by atoms with Crippen LogP contribution in [-0.2, 0) is 4.79 Å². The fourth-order valence-corrected chi connectivity index (χ4v) is 2.30. The van der Waals surface area contributed by atoms with E-state index in [0.29, 0.717) is 33.2 Å². The number of carbonyl (C=O) groups excluding carboxylic acids is 1. The molecule has 0 unspecified atom stereocenters. The van der Waals surface area contributed by atoms with Gasteiger partial charge in [0, 0.05) is 5.02 Å². The van der Waals surface area contributed by atoms with Gasteiger partial charge >= 0.3 is 0 Å². The quantitative estimate of drug-likeness (QED) is 0.795. The molecule has 5 heteroatoms. The molecule has 22 heavy (non-hydrogen) atoms. The van der Waals surface area contributed by atoms with Gasteiger partial charge in [-0.1, -0.05) is 29.8 Å². The van der Waals surface area contributed by atoms with E-state index in [-0.39, 0.29) is 0 Å². The fraction of sp³-hybridized carbons (Fsp3) is 0.118. The maximum absolute atomic E-state index is 11.0. The fourth-order valence-electron chi connectivity index (χ4n) is 2.11. The van der Waals surface area contributed by atoms with Crippen molar-refractivity contribution in [2.45, 2.75) is 0 Å². The number of carboxylic acids is 1. The molecule has 0 radical (unpaired) electrons. The number of hydrogen-bond acceptors (Lipinski definition) is 4. The average molecular weight is 318 g/mol. The van der Waals surface area contributed by atoms with Crippen LogP contribution in [0.15, 0.2) is 48.5 Å². The van der Waals surface area contributed by atoms with E-state index in [9.17, 15) is 9.90 Å². The zero-order chi connectivity index (χ0) is 16.1. The van der Waals surface area contributed by atoms with Gasteiger partial charge in [0.25, 0.3) is 0 Å². The molecule has 2 aromatic carbocycles. The van der Waals surface area contributed by atoms with Crippen LogP contribution in [0.3, 0.4) is 0 Å². The summed E-state index contributed by atoms with van der Waals surface area (Å²) in [4.78, 5) is 11.0. The maximum atomic E-state index is 11.0. The third-order valence-electron chi connectivity index (χ3n) is 3.09. The minimum Gasteiger partial charge on any atom is -0.545 e. The number of aliphatic carboxylic acids is 1. The molecule has 0 atom stereocenters. The van der Waals surface area contributed by atoms with Gasteiger partial charge in [0.2, 0.25) is 0 Å². The topological polar surface area (TPSA) is 58.6 Å². The molecule has 0 aliphatic heterocycles. The van der Waals surface area contributed by atoms with Gasteiger partial charge in [0.1, 0.15) is 0 Å². The number of rotatable bonds is 5. The van der Waals surface area contributed by atoms with Crippen LogP contribution in [0.2, 0.25) is 5.02 Å². The first-order chi connectivity index (χ1) is 10.5. The number of carboxylic acid groups (broad SMARTS) is 1. The summed E-state index contributed by atoms with van der Waals surface area (Å²) in [5, 5.41) is 11.6. The molecule has 4 nitrogen and oxygen atoms in total. The highest BCUT2D eigenvalue weighted by Gasteiger charge is 2.10. The van der Waals surface area contributed by atoms with E-state index >= 15 is 0 Å². The summed E-state index contributed by atoms with van der Waals surface area (Å²) in [6.07, 6.45) is 1.03. The second-order valence-electron chi connectivity index (χ2n) is 4.46. The van der Waals surface area contributed by atoms with Crippen molar-refractivity contribution >= 4 is 23.1 Å². The number of ether oxygens (including phenoxy) is 2. The maximum Gasteiger partial charge on any atom is 0.161 e. The zero-order valence-corrected chi connectivity index (χ0v) is 12.9. The molecule has 0 saturated heterocycles. The van der Waals surface area contributed by atoms with Gasteiger partial charge in [-0.25, -0.2) is 0 Å². The van der Waals surface area contributed by atoms with Crippen molar-refractivity contribution in [2.24, 2.45) is 0 Å². The van der Waals surface area contributed by atoms with Gasteiger partial charge < -0.3 is 19.4 Å². The molecule has 0 fully saturated rings. The monoisotopic (exact) mass is 317 g/mol. The van der Waals surface area contributed by atoms with Gasteiger partial charge in [0.05, 0.1) is 20.2 Å². The van der Waals surface area contributed by atoms with Crippen LogP contribution in [0.1, 0.15) is 11.1 Å². The molecule has 114 valence electrons. The number of hydrogen-bond donors (Lipinski definition) is 0. The molecule has 0 aromatic heterocycles. The van der Waals surface area contributed by atoms with Crippen molar-refractivity contribution < 1.29 is 19.4 Å². The van der Waals surface area contributed by atoms with Crippen molar-refractivity contribution in [2.75, 3.05) is 14.2 Å². The van der Waals surface area contributed by atoms with E-state index in [0.717, 1.165) is 6.08 Å². The van der Waals surface area contributed by atoms with Gasteiger partial charge in [-0.05, 0) is 47.0 Å². The van der Waals surface area contributed by atoms with Crippen LogP contribution >= 0.6 is 11.6 Å². The molecule has 2 rings (SSSR count). The SMILES string of the molecule is COc1ccc(/C(=C/C(=O)[O-])c2cccc(Cl)c2)cc1OC. The Balaban J connectivity index is 2.58. The predicted molar refractivity (Wildman–Crippen MR) is 83.1 cm³/mol. The molecule has 0 aliphatic rings. The number of methoxy groups -OCH3 is 2. The molecule has 0 saturated carbocycles. The van der Waals surface area contributed by atoms with Gasteiger partial charge in [0.15, 0.2) is 11.5 Å². The van der Waals surface area contributed by atoms with Crippen LogP contribution in [0.5, 0.6) is 11.5 Å². The standard InChI is InChI=1S/C17H15ClO4/c1-21-15-7-6-12(9-16(15)22-2)14(10-17(19)20)11-4-3-5-13(18)8-11/h3-10H,1-2H3,(H,19,20)/p-1/b14-10+. The Kier molecular flexibility index (Phi) is 5.07. The Morgan fingerprint density at radius 2 is 1.73 bits per heavy atom. The van der Waals surface area contributed by atoms with E-state index in [1.54, 1.807) is 42.5 Å². The molecular weight excluding hydrogens is 304 g/mol. The van der Waals surface area contributed by atoms with Crippen molar-refractivity contribution in [3.63, 3.8) is 0 Å². The third kappa shape index (κ3) is 3.59. The highest BCUT2D eigenvalue weighted by Crippen LogP contribution is 2.33. The smallest absolute Gasteiger partial charge is 0.161 e. The van der Waals surface area contributed by atoms with Gasteiger partial charge in [-0.2, -0.15) is 0 Å².